The van der Waals surface area contributed by atoms with Gasteiger partial charge in [0.25, 0.3) is 5.91 Å². The van der Waals surface area contributed by atoms with E-state index in [0.717, 1.165) is 0 Å². The fourth-order valence-corrected chi connectivity index (χ4v) is 1.93. The number of aromatic amines is 1. The van der Waals surface area contributed by atoms with Crippen molar-refractivity contribution in [3.05, 3.63) is 46.7 Å². The molecular weight excluding hydrogens is 296 g/mol. The normalized spacial score (nSPS) is 10.2. The summed E-state index contributed by atoms with van der Waals surface area (Å²) in [6, 6.07) is 8.19. The molecule has 2 aromatic rings. The topological polar surface area (TPSA) is 91.4 Å². The zero-order chi connectivity index (χ0) is 15.4. The minimum Gasteiger partial charge on any atom is -0.484 e. The van der Waals surface area contributed by atoms with Crippen molar-refractivity contribution >= 4 is 29.2 Å². The second-order valence-corrected chi connectivity index (χ2v) is 4.78. The minimum atomic E-state index is -1.14. The van der Waals surface area contributed by atoms with Crippen molar-refractivity contribution in [1.29, 1.82) is 0 Å². The first-order valence-corrected chi connectivity index (χ1v) is 6.44. The lowest BCUT2D eigenvalue weighted by molar-refractivity contribution is -0.118. The molecule has 110 valence electrons. The van der Waals surface area contributed by atoms with Gasteiger partial charge < -0.3 is 20.1 Å². The number of hydrogen-bond acceptors (Lipinski definition) is 3. The molecule has 0 aliphatic rings. The first-order chi connectivity index (χ1) is 9.95. The Hall–Kier alpha value is -2.47. The first-order valence-electron chi connectivity index (χ1n) is 6.07. The molecule has 0 aliphatic heterocycles. The zero-order valence-electron chi connectivity index (χ0n) is 11.1. The minimum absolute atomic E-state index is 0.0661. The highest BCUT2D eigenvalue weighted by Gasteiger charge is 2.15. The molecule has 0 atom stereocenters. The highest BCUT2D eigenvalue weighted by Crippen LogP contribution is 2.18. The highest BCUT2D eigenvalue weighted by atomic mass is 35.5. The number of ether oxygens (including phenoxy) is 1. The Morgan fingerprint density at radius 2 is 2.14 bits per heavy atom. The van der Waals surface area contributed by atoms with Crippen molar-refractivity contribution in [2.24, 2.45) is 0 Å². The van der Waals surface area contributed by atoms with Crippen LogP contribution in [-0.4, -0.2) is 28.6 Å². The van der Waals surface area contributed by atoms with Crippen LogP contribution in [0.25, 0.3) is 0 Å². The Bertz CT molecular complexity index is 681. The first kappa shape index (κ1) is 14.9. The zero-order valence-corrected chi connectivity index (χ0v) is 11.9. The SMILES string of the molecule is Cc1cc(NC(=O)COc2cccc(Cl)c2)c(C(=O)O)[nH]1. The maximum absolute atomic E-state index is 11.8. The third-order valence-corrected chi connectivity index (χ3v) is 2.84. The lowest BCUT2D eigenvalue weighted by Gasteiger charge is -2.07. The second-order valence-electron chi connectivity index (χ2n) is 4.34. The number of carboxylic acid groups (broad SMARTS) is 1. The third-order valence-electron chi connectivity index (χ3n) is 2.61. The summed E-state index contributed by atoms with van der Waals surface area (Å²) in [5.41, 5.74) is 0.779. The van der Waals surface area contributed by atoms with Gasteiger partial charge in [0.05, 0.1) is 5.69 Å². The molecule has 0 fully saturated rings. The summed E-state index contributed by atoms with van der Waals surface area (Å²) in [4.78, 5) is 25.4. The van der Waals surface area contributed by atoms with Crippen LogP contribution >= 0.6 is 11.6 Å². The van der Waals surface area contributed by atoms with Crippen molar-refractivity contribution in [3.63, 3.8) is 0 Å². The predicted octanol–water partition coefficient (Wildman–Crippen LogP) is 2.69. The number of amides is 1. The molecule has 7 heteroatoms. The van der Waals surface area contributed by atoms with Crippen molar-refractivity contribution < 1.29 is 19.4 Å². The number of anilines is 1. The van der Waals surface area contributed by atoms with Crippen molar-refractivity contribution in [2.45, 2.75) is 6.92 Å². The lowest BCUT2D eigenvalue weighted by atomic mass is 10.3. The van der Waals surface area contributed by atoms with Gasteiger partial charge in [0.1, 0.15) is 11.4 Å². The number of aromatic carboxylic acids is 1. The number of rotatable bonds is 5. The molecule has 0 bridgehead atoms. The van der Waals surface area contributed by atoms with E-state index in [0.29, 0.717) is 16.5 Å². The lowest BCUT2D eigenvalue weighted by Crippen LogP contribution is -2.21. The largest absolute Gasteiger partial charge is 0.484 e. The Labute approximate surface area is 125 Å². The fraction of sp³-hybridized carbons (Fsp3) is 0.143. The van der Waals surface area contributed by atoms with E-state index in [1.54, 1.807) is 37.3 Å². The van der Waals surface area contributed by atoms with Crippen LogP contribution in [0.3, 0.4) is 0 Å². The molecule has 6 nitrogen and oxygen atoms in total. The number of H-pyrrole nitrogens is 1. The van der Waals surface area contributed by atoms with E-state index < -0.39 is 11.9 Å². The Balaban J connectivity index is 1.97. The molecular formula is C14H13ClN2O4. The van der Waals surface area contributed by atoms with Crippen LogP contribution < -0.4 is 10.1 Å². The quantitative estimate of drug-likeness (QED) is 0.792. The van der Waals surface area contributed by atoms with Gasteiger partial charge in [-0.1, -0.05) is 17.7 Å². The van der Waals surface area contributed by atoms with Gasteiger partial charge in [-0.25, -0.2) is 4.79 Å². The van der Waals surface area contributed by atoms with Crippen LogP contribution in [0.1, 0.15) is 16.2 Å². The molecule has 1 heterocycles. The van der Waals surface area contributed by atoms with Gasteiger partial charge in [0, 0.05) is 10.7 Å². The molecule has 0 radical (unpaired) electrons. The molecule has 2 rings (SSSR count). The van der Waals surface area contributed by atoms with Gasteiger partial charge in [0.15, 0.2) is 6.61 Å². The monoisotopic (exact) mass is 308 g/mol. The van der Waals surface area contributed by atoms with Gasteiger partial charge in [0.2, 0.25) is 0 Å². The van der Waals surface area contributed by atoms with Gasteiger partial charge in [-0.15, -0.1) is 0 Å². The number of carboxylic acids is 1. The van der Waals surface area contributed by atoms with Crippen molar-refractivity contribution in [2.75, 3.05) is 11.9 Å². The number of nitrogens with one attached hydrogen (secondary N) is 2. The van der Waals surface area contributed by atoms with Gasteiger partial charge in [-0.05, 0) is 31.2 Å². The van der Waals surface area contributed by atoms with E-state index >= 15 is 0 Å². The van der Waals surface area contributed by atoms with Crippen LogP contribution in [0.15, 0.2) is 30.3 Å². The van der Waals surface area contributed by atoms with Crippen molar-refractivity contribution in [3.8, 4) is 5.75 Å². The molecule has 21 heavy (non-hydrogen) atoms. The average molecular weight is 309 g/mol. The molecule has 1 aromatic heterocycles. The van der Waals surface area contributed by atoms with E-state index in [1.165, 1.54) is 0 Å². The number of halogens is 1. The van der Waals surface area contributed by atoms with Gasteiger partial charge >= 0.3 is 5.97 Å². The predicted molar refractivity (Wildman–Crippen MR) is 78.1 cm³/mol. The Kier molecular flexibility index (Phi) is 4.49. The van der Waals surface area contributed by atoms with Crippen LogP contribution in [-0.2, 0) is 4.79 Å². The maximum atomic E-state index is 11.8. The molecule has 0 saturated heterocycles. The summed E-state index contributed by atoms with van der Waals surface area (Å²) in [6.07, 6.45) is 0. The summed E-state index contributed by atoms with van der Waals surface area (Å²) in [7, 11) is 0. The standard InChI is InChI=1S/C14H13ClN2O4/c1-8-5-11(13(16-8)14(19)20)17-12(18)7-21-10-4-2-3-9(15)6-10/h2-6,16H,7H2,1H3,(H,17,18)(H,19,20). The number of aromatic nitrogens is 1. The fourth-order valence-electron chi connectivity index (χ4n) is 1.75. The third kappa shape index (κ3) is 4.00. The smallest absolute Gasteiger partial charge is 0.354 e. The van der Waals surface area contributed by atoms with Crippen LogP contribution in [0.5, 0.6) is 5.75 Å². The summed E-state index contributed by atoms with van der Waals surface area (Å²) >= 11 is 5.80. The Morgan fingerprint density at radius 3 is 2.81 bits per heavy atom. The van der Waals surface area contributed by atoms with Gasteiger partial charge in [-0.3, -0.25) is 4.79 Å². The van der Waals surface area contributed by atoms with Crippen LogP contribution in [0.2, 0.25) is 5.02 Å². The maximum Gasteiger partial charge on any atom is 0.354 e. The molecule has 1 aromatic carbocycles. The average Bonchev–Trinajstić information content (AvgIpc) is 2.77. The van der Waals surface area contributed by atoms with Gasteiger partial charge in [-0.2, -0.15) is 0 Å². The Morgan fingerprint density at radius 1 is 1.38 bits per heavy atom. The summed E-state index contributed by atoms with van der Waals surface area (Å²) < 4.78 is 5.27. The molecule has 3 N–H and O–H groups in total. The summed E-state index contributed by atoms with van der Waals surface area (Å²) in [5.74, 6) is -1.15. The van der Waals surface area contributed by atoms with E-state index in [2.05, 4.69) is 10.3 Å². The van der Waals surface area contributed by atoms with E-state index in [4.69, 9.17) is 21.4 Å². The molecule has 0 aliphatic carbocycles. The number of aryl methyl sites for hydroxylation is 1. The number of carbonyl (C=O) groups is 2. The molecule has 0 unspecified atom stereocenters. The molecule has 1 amide bonds. The number of benzene rings is 1. The summed E-state index contributed by atoms with van der Waals surface area (Å²) in [5, 5.41) is 12.0. The summed E-state index contributed by atoms with van der Waals surface area (Å²) in [6.45, 7) is 1.45. The molecule has 0 saturated carbocycles. The van der Waals surface area contributed by atoms with E-state index in [-0.39, 0.29) is 18.0 Å². The highest BCUT2D eigenvalue weighted by molar-refractivity contribution is 6.30. The van der Waals surface area contributed by atoms with E-state index in [9.17, 15) is 9.59 Å². The second kappa shape index (κ2) is 6.32. The van der Waals surface area contributed by atoms with E-state index in [1.807, 2.05) is 0 Å². The number of carbonyl (C=O) groups excluding carboxylic acids is 1. The van der Waals surface area contributed by atoms with Crippen molar-refractivity contribution in [1.82, 2.24) is 4.98 Å². The van der Waals surface area contributed by atoms with Crippen LogP contribution in [0.4, 0.5) is 5.69 Å². The number of hydrogen-bond donors (Lipinski definition) is 3. The molecule has 0 spiro atoms. The van der Waals surface area contributed by atoms with Crippen LogP contribution in [0, 0.1) is 6.92 Å².